The summed E-state index contributed by atoms with van der Waals surface area (Å²) in [6.07, 6.45) is -0.0602. The van der Waals surface area contributed by atoms with E-state index < -0.39 is 16.2 Å². The summed E-state index contributed by atoms with van der Waals surface area (Å²) in [6.45, 7) is 3.50. The summed E-state index contributed by atoms with van der Waals surface area (Å²) in [6, 6.07) is 0. The SMILES string of the molecule is CC(C)OO.[O]=[V]=[O]. The molecule has 1 N–H and O–H groups in total. The molecule has 0 aromatic heterocycles. The van der Waals surface area contributed by atoms with E-state index in [0.717, 1.165) is 0 Å². The zero-order chi connectivity index (χ0) is 6.99. The van der Waals surface area contributed by atoms with E-state index in [4.69, 9.17) is 12.6 Å². The fourth-order valence-electron chi connectivity index (χ4n) is 0. The van der Waals surface area contributed by atoms with Crippen molar-refractivity contribution < 1.29 is 33.7 Å². The van der Waals surface area contributed by atoms with Crippen LogP contribution in [0.25, 0.3) is 0 Å². The second-order valence-electron chi connectivity index (χ2n) is 1.23. The van der Waals surface area contributed by atoms with Gasteiger partial charge in [0.05, 0.1) is 6.10 Å². The maximum atomic E-state index is 8.47. The Morgan fingerprint density at radius 1 is 1.50 bits per heavy atom. The van der Waals surface area contributed by atoms with Gasteiger partial charge in [-0.05, 0) is 13.8 Å². The third-order valence-corrected chi connectivity index (χ3v) is 0.211. The molecule has 0 aliphatic heterocycles. The fourth-order valence-corrected chi connectivity index (χ4v) is 0. The quantitative estimate of drug-likeness (QED) is 0.450. The minimum absolute atomic E-state index is 0.0602. The van der Waals surface area contributed by atoms with Crippen LogP contribution in [0.5, 0.6) is 0 Å². The van der Waals surface area contributed by atoms with Gasteiger partial charge in [0.15, 0.2) is 0 Å². The summed E-state index contributed by atoms with van der Waals surface area (Å²) in [5, 5.41) is 7.64. The summed E-state index contributed by atoms with van der Waals surface area (Å²) in [5.41, 5.74) is 0. The molecule has 0 bridgehead atoms. The summed E-state index contributed by atoms with van der Waals surface area (Å²) in [7, 11) is 0. The summed E-state index contributed by atoms with van der Waals surface area (Å²) >= 11 is -1.81. The van der Waals surface area contributed by atoms with E-state index in [1.807, 2.05) is 0 Å². The van der Waals surface area contributed by atoms with Crippen LogP contribution in [0.2, 0.25) is 0 Å². The second-order valence-corrected chi connectivity index (χ2v) is 1.46. The summed E-state index contributed by atoms with van der Waals surface area (Å²) in [5.74, 6) is 0. The Balaban J connectivity index is 0. The van der Waals surface area contributed by atoms with Crippen LogP contribution in [-0.4, -0.2) is 11.4 Å². The summed E-state index contributed by atoms with van der Waals surface area (Å²) in [4.78, 5) is 3.75. The van der Waals surface area contributed by atoms with Crippen LogP contribution in [0.15, 0.2) is 0 Å². The first-order valence-electron chi connectivity index (χ1n) is 1.94. The van der Waals surface area contributed by atoms with Crippen LogP contribution in [-0.2, 0) is 28.4 Å². The average molecular weight is 159 g/mol. The molecule has 0 aliphatic rings. The number of hydrogen-bond acceptors (Lipinski definition) is 4. The summed E-state index contributed by atoms with van der Waals surface area (Å²) < 4.78 is 16.9. The van der Waals surface area contributed by atoms with E-state index in [-0.39, 0.29) is 6.10 Å². The van der Waals surface area contributed by atoms with Gasteiger partial charge in [-0.2, -0.15) is 0 Å². The fraction of sp³-hybridized carbons (Fsp3) is 1.00. The van der Waals surface area contributed by atoms with Crippen molar-refractivity contribution in [3.05, 3.63) is 0 Å². The average Bonchev–Trinajstić information content (AvgIpc) is 1.69. The van der Waals surface area contributed by atoms with E-state index in [1.54, 1.807) is 13.8 Å². The zero-order valence-corrected chi connectivity index (χ0v) is 6.09. The van der Waals surface area contributed by atoms with Gasteiger partial charge in [0.25, 0.3) is 0 Å². The number of hydrogen-bond donors (Lipinski definition) is 1. The van der Waals surface area contributed by atoms with Crippen LogP contribution in [0, 0.1) is 0 Å². The molecule has 0 fully saturated rings. The van der Waals surface area contributed by atoms with E-state index in [9.17, 15) is 0 Å². The van der Waals surface area contributed by atoms with E-state index >= 15 is 0 Å². The van der Waals surface area contributed by atoms with Crippen molar-refractivity contribution in [3.63, 3.8) is 0 Å². The van der Waals surface area contributed by atoms with Gasteiger partial charge >= 0.3 is 23.5 Å². The van der Waals surface area contributed by atoms with Crippen LogP contribution in [0.1, 0.15) is 13.8 Å². The number of rotatable bonds is 1. The molecule has 0 aromatic rings. The third kappa shape index (κ3) is 35.9. The Morgan fingerprint density at radius 2 is 1.62 bits per heavy atom. The second kappa shape index (κ2) is 10.2. The Kier molecular flexibility index (Phi) is 13.9. The zero-order valence-electron chi connectivity index (χ0n) is 4.70. The minimum atomic E-state index is -1.81. The van der Waals surface area contributed by atoms with Gasteiger partial charge in [0.2, 0.25) is 0 Å². The molecule has 0 saturated heterocycles. The van der Waals surface area contributed by atoms with Crippen molar-refractivity contribution in [3.8, 4) is 0 Å². The van der Waals surface area contributed by atoms with Gasteiger partial charge in [-0.15, -0.1) is 0 Å². The van der Waals surface area contributed by atoms with Gasteiger partial charge in [0, 0.05) is 0 Å². The van der Waals surface area contributed by atoms with Crippen molar-refractivity contribution in [2.75, 3.05) is 0 Å². The van der Waals surface area contributed by atoms with Gasteiger partial charge in [0.1, 0.15) is 0 Å². The topological polar surface area (TPSA) is 63.6 Å². The standard InChI is InChI=1S/C3H8O2.2O.V/c1-3(2)5-4;;;/h3-4H,1-2H3;;;. The first-order chi connectivity index (χ1) is 3.68. The first-order valence-corrected chi connectivity index (χ1v) is 3.08. The molecule has 8 heavy (non-hydrogen) atoms. The molecule has 0 unspecified atom stereocenters. The van der Waals surface area contributed by atoms with Gasteiger partial charge < -0.3 is 0 Å². The molecule has 0 rings (SSSR count). The van der Waals surface area contributed by atoms with Crippen molar-refractivity contribution >= 4 is 0 Å². The van der Waals surface area contributed by atoms with Crippen molar-refractivity contribution in [2.45, 2.75) is 20.0 Å². The van der Waals surface area contributed by atoms with Crippen molar-refractivity contribution in [1.82, 2.24) is 0 Å². The molecule has 0 aliphatic carbocycles. The molecule has 0 heterocycles. The molecule has 5 heteroatoms. The van der Waals surface area contributed by atoms with Gasteiger partial charge in [-0.25, -0.2) is 4.89 Å². The predicted octanol–water partition coefficient (Wildman–Crippen LogP) is 0.644. The Bertz CT molecular complexity index is 65.7. The maximum absolute atomic E-state index is 8.47. The molecule has 0 saturated carbocycles. The molecule has 49 valence electrons. The molecule has 0 radical (unpaired) electrons. The molecule has 0 spiro atoms. The Hall–Kier alpha value is 0.104. The van der Waals surface area contributed by atoms with Gasteiger partial charge in [-0.1, -0.05) is 0 Å². The predicted molar refractivity (Wildman–Crippen MR) is 20.2 cm³/mol. The van der Waals surface area contributed by atoms with E-state index in [1.165, 1.54) is 0 Å². The van der Waals surface area contributed by atoms with E-state index in [0.29, 0.717) is 0 Å². The van der Waals surface area contributed by atoms with Crippen LogP contribution in [0.3, 0.4) is 0 Å². The van der Waals surface area contributed by atoms with Crippen molar-refractivity contribution in [2.24, 2.45) is 0 Å². The Labute approximate surface area is 54.3 Å². The van der Waals surface area contributed by atoms with Crippen LogP contribution in [0.4, 0.5) is 0 Å². The molecular weight excluding hydrogens is 151 g/mol. The molecule has 0 aromatic carbocycles. The molecule has 0 atom stereocenters. The third-order valence-electron chi connectivity index (χ3n) is 0.211. The van der Waals surface area contributed by atoms with E-state index in [2.05, 4.69) is 4.89 Å². The van der Waals surface area contributed by atoms with Crippen LogP contribution >= 0.6 is 0 Å². The Morgan fingerprint density at radius 3 is 1.62 bits per heavy atom. The monoisotopic (exact) mass is 159 g/mol. The molecule has 0 amide bonds. The van der Waals surface area contributed by atoms with Crippen LogP contribution < -0.4 is 0 Å². The van der Waals surface area contributed by atoms with Crippen molar-refractivity contribution in [1.29, 1.82) is 0 Å². The first kappa shape index (κ1) is 11.0. The van der Waals surface area contributed by atoms with Gasteiger partial charge in [-0.3, -0.25) is 5.26 Å². The normalized spacial score (nSPS) is 7.00. The molecular formula is C3H8O4V. The molecule has 4 nitrogen and oxygen atoms in total.